The molecule has 0 aliphatic carbocycles. The molecule has 0 fully saturated rings. The van der Waals surface area contributed by atoms with Crippen LogP contribution in [0.2, 0.25) is 0 Å². The molecule has 2 nitrogen and oxygen atoms in total. The third-order valence-corrected chi connectivity index (χ3v) is 4.54. The average molecular weight is 298 g/mol. The van der Waals surface area contributed by atoms with Crippen LogP contribution in [0, 0.1) is 0 Å². The Hall–Kier alpha value is -1.84. The van der Waals surface area contributed by atoms with E-state index in [9.17, 15) is 5.11 Å². The highest BCUT2D eigenvalue weighted by molar-refractivity contribution is 7.17. The Morgan fingerprint density at radius 1 is 1.14 bits per heavy atom. The summed E-state index contributed by atoms with van der Waals surface area (Å²) in [6.45, 7) is 2.59. The van der Waals surface area contributed by atoms with Crippen molar-refractivity contribution in [2.75, 3.05) is 6.61 Å². The van der Waals surface area contributed by atoms with Crippen molar-refractivity contribution < 1.29 is 9.84 Å². The van der Waals surface area contributed by atoms with Crippen molar-refractivity contribution in [2.24, 2.45) is 0 Å². The fourth-order valence-corrected chi connectivity index (χ4v) is 3.47. The third-order valence-electron chi connectivity index (χ3n) is 3.53. The van der Waals surface area contributed by atoms with Crippen LogP contribution in [0.15, 0.2) is 53.9 Å². The van der Waals surface area contributed by atoms with E-state index >= 15 is 0 Å². The van der Waals surface area contributed by atoms with Crippen molar-refractivity contribution in [3.05, 3.63) is 65.0 Å². The second-order valence-corrected chi connectivity index (χ2v) is 5.89. The van der Waals surface area contributed by atoms with Gasteiger partial charge in [0, 0.05) is 11.1 Å². The molecular weight excluding hydrogens is 280 g/mol. The molecule has 0 bridgehead atoms. The summed E-state index contributed by atoms with van der Waals surface area (Å²) in [5.74, 6) is 0.809. The minimum atomic E-state index is -0.511. The monoisotopic (exact) mass is 298 g/mol. The number of thiophene rings is 1. The summed E-state index contributed by atoms with van der Waals surface area (Å²) >= 11 is 1.73. The van der Waals surface area contributed by atoms with Crippen molar-refractivity contribution >= 4 is 21.4 Å². The van der Waals surface area contributed by atoms with Gasteiger partial charge in [-0.05, 0) is 47.0 Å². The fourth-order valence-electron chi connectivity index (χ4n) is 2.50. The zero-order valence-corrected chi connectivity index (χ0v) is 12.8. The molecule has 0 aliphatic heterocycles. The zero-order chi connectivity index (χ0) is 14.7. The Balaban J connectivity index is 1.82. The number of hydrogen-bond acceptors (Lipinski definition) is 3. The molecule has 3 heteroatoms. The molecule has 0 radical (unpaired) electrons. The first-order valence-corrected chi connectivity index (χ1v) is 8.02. The standard InChI is InChI=1S/C18H18O2S/c1-2-20-15-7-5-6-13(10-15)17(19)11-14-12-21-18-9-4-3-8-16(14)18/h3-10,12,17,19H,2,11H2,1H3. The Bertz CT molecular complexity index is 733. The Kier molecular flexibility index (Phi) is 4.23. The van der Waals surface area contributed by atoms with Gasteiger partial charge in [0.25, 0.3) is 0 Å². The molecule has 3 aromatic rings. The highest BCUT2D eigenvalue weighted by Gasteiger charge is 2.12. The van der Waals surface area contributed by atoms with Gasteiger partial charge in [0.15, 0.2) is 0 Å². The topological polar surface area (TPSA) is 29.5 Å². The van der Waals surface area contributed by atoms with Crippen LogP contribution in [-0.2, 0) is 6.42 Å². The summed E-state index contributed by atoms with van der Waals surface area (Å²) in [5, 5.41) is 13.9. The van der Waals surface area contributed by atoms with Crippen LogP contribution in [0.3, 0.4) is 0 Å². The number of aliphatic hydroxyl groups is 1. The van der Waals surface area contributed by atoms with Gasteiger partial charge in [0.05, 0.1) is 12.7 Å². The highest BCUT2D eigenvalue weighted by Crippen LogP contribution is 2.30. The van der Waals surface area contributed by atoms with Crippen LogP contribution in [-0.4, -0.2) is 11.7 Å². The van der Waals surface area contributed by atoms with Crippen molar-refractivity contribution in [1.82, 2.24) is 0 Å². The first-order valence-electron chi connectivity index (χ1n) is 7.14. The molecule has 0 saturated heterocycles. The van der Waals surface area contributed by atoms with Crippen LogP contribution in [0.1, 0.15) is 24.2 Å². The van der Waals surface area contributed by atoms with Gasteiger partial charge in [-0.1, -0.05) is 30.3 Å². The number of ether oxygens (including phenoxy) is 1. The van der Waals surface area contributed by atoms with E-state index in [1.165, 1.54) is 15.6 Å². The summed E-state index contributed by atoms with van der Waals surface area (Å²) in [6.07, 6.45) is 0.114. The Morgan fingerprint density at radius 2 is 2.00 bits per heavy atom. The van der Waals surface area contributed by atoms with E-state index in [0.717, 1.165) is 11.3 Å². The van der Waals surface area contributed by atoms with Gasteiger partial charge in [-0.2, -0.15) is 0 Å². The molecule has 1 aromatic heterocycles. The predicted molar refractivity (Wildman–Crippen MR) is 88.1 cm³/mol. The maximum Gasteiger partial charge on any atom is 0.119 e. The molecule has 1 heterocycles. The summed E-state index contributed by atoms with van der Waals surface area (Å²) in [7, 11) is 0. The molecule has 0 amide bonds. The minimum absolute atomic E-state index is 0.511. The van der Waals surface area contributed by atoms with E-state index in [-0.39, 0.29) is 0 Å². The lowest BCUT2D eigenvalue weighted by Crippen LogP contribution is -2.02. The quantitative estimate of drug-likeness (QED) is 0.747. The molecule has 0 saturated carbocycles. The second kappa shape index (κ2) is 6.29. The van der Waals surface area contributed by atoms with Gasteiger partial charge in [-0.3, -0.25) is 0 Å². The maximum absolute atomic E-state index is 10.5. The van der Waals surface area contributed by atoms with E-state index in [2.05, 4.69) is 17.5 Å². The lowest BCUT2D eigenvalue weighted by Gasteiger charge is -2.12. The average Bonchev–Trinajstić information content (AvgIpc) is 2.91. The summed E-state index contributed by atoms with van der Waals surface area (Å²) in [6, 6.07) is 16.0. The van der Waals surface area contributed by atoms with Crippen molar-refractivity contribution in [1.29, 1.82) is 0 Å². The van der Waals surface area contributed by atoms with E-state index in [1.807, 2.05) is 43.3 Å². The van der Waals surface area contributed by atoms with E-state index in [0.29, 0.717) is 13.0 Å². The van der Waals surface area contributed by atoms with Crippen molar-refractivity contribution in [3.63, 3.8) is 0 Å². The summed E-state index contributed by atoms with van der Waals surface area (Å²) < 4.78 is 6.76. The first-order chi connectivity index (χ1) is 10.3. The number of aliphatic hydroxyl groups excluding tert-OH is 1. The van der Waals surface area contributed by atoms with Gasteiger partial charge in [-0.25, -0.2) is 0 Å². The number of fused-ring (bicyclic) bond motifs is 1. The molecule has 108 valence electrons. The van der Waals surface area contributed by atoms with Gasteiger partial charge in [0.1, 0.15) is 5.75 Å². The number of rotatable bonds is 5. The van der Waals surface area contributed by atoms with Crippen molar-refractivity contribution in [3.8, 4) is 5.75 Å². The highest BCUT2D eigenvalue weighted by atomic mass is 32.1. The fraction of sp³-hybridized carbons (Fsp3) is 0.222. The van der Waals surface area contributed by atoms with Crippen LogP contribution in [0.5, 0.6) is 5.75 Å². The number of hydrogen-bond donors (Lipinski definition) is 1. The zero-order valence-electron chi connectivity index (χ0n) is 12.0. The van der Waals surface area contributed by atoms with Gasteiger partial charge in [-0.15, -0.1) is 11.3 Å². The van der Waals surface area contributed by atoms with Crippen LogP contribution >= 0.6 is 11.3 Å². The van der Waals surface area contributed by atoms with E-state index in [4.69, 9.17) is 4.74 Å². The molecule has 0 aliphatic rings. The molecule has 3 rings (SSSR count). The molecule has 0 spiro atoms. The smallest absolute Gasteiger partial charge is 0.119 e. The third kappa shape index (κ3) is 3.09. The minimum Gasteiger partial charge on any atom is -0.494 e. The van der Waals surface area contributed by atoms with Crippen LogP contribution in [0.4, 0.5) is 0 Å². The van der Waals surface area contributed by atoms with Gasteiger partial charge < -0.3 is 9.84 Å². The SMILES string of the molecule is CCOc1cccc(C(O)Cc2csc3ccccc23)c1. The molecule has 1 unspecified atom stereocenters. The lowest BCUT2D eigenvalue weighted by atomic mass is 10.0. The van der Waals surface area contributed by atoms with Crippen molar-refractivity contribution in [2.45, 2.75) is 19.4 Å². The van der Waals surface area contributed by atoms with Gasteiger partial charge in [0.2, 0.25) is 0 Å². The molecule has 2 aromatic carbocycles. The first kappa shape index (κ1) is 14.1. The molecule has 1 N–H and O–H groups in total. The van der Waals surface area contributed by atoms with Crippen LogP contribution < -0.4 is 4.74 Å². The predicted octanol–water partition coefficient (Wildman–Crippen LogP) is 4.58. The molecular formula is C18H18O2S. The van der Waals surface area contributed by atoms with E-state index in [1.54, 1.807) is 11.3 Å². The van der Waals surface area contributed by atoms with Gasteiger partial charge >= 0.3 is 0 Å². The molecule has 1 atom stereocenters. The number of benzene rings is 2. The molecule has 21 heavy (non-hydrogen) atoms. The Morgan fingerprint density at radius 3 is 2.86 bits per heavy atom. The normalized spacial score (nSPS) is 12.5. The maximum atomic E-state index is 10.5. The summed E-state index contributed by atoms with van der Waals surface area (Å²) in [4.78, 5) is 0. The largest absolute Gasteiger partial charge is 0.494 e. The summed E-state index contributed by atoms with van der Waals surface area (Å²) in [5.41, 5.74) is 2.10. The van der Waals surface area contributed by atoms with E-state index < -0.39 is 6.10 Å². The second-order valence-electron chi connectivity index (χ2n) is 4.98. The Labute approximate surface area is 128 Å². The lowest BCUT2D eigenvalue weighted by molar-refractivity contribution is 0.178. The van der Waals surface area contributed by atoms with Crippen LogP contribution in [0.25, 0.3) is 10.1 Å².